The minimum Gasteiger partial charge on any atom is -0.377 e. The number of nitrogens with one attached hydrogen (secondary N) is 4. The Morgan fingerprint density at radius 2 is 1.90 bits per heavy atom. The maximum atomic E-state index is 11.1. The van der Waals surface area contributed by atoms with Gasteiger partial charge >= 0.3 is 0 Å². The zero-order valence-corrected chi connectivity index (χ0v) is 20.8. The molecule has 0 aromatic carbocycles. The van der Waals surface area contributed by atoms with Crippen LogP contribution in [0.5, 0.6) is 0 Å². The Morgan fingerprint density at radius 3 is 2.43 bits per heavy atom. The number of likely N-dealkylation sites (N-methyl/N-ethyl adjacent to an activating group) is 1. The monoisotopic (exact) mass is 429 g/mol. The van der Waals surface area contributed by atoms with Crippen molar-refractivity contribution in [3.63, 3.8) is 0 Å². The van der Waals surface area contributed by atoms with Crippen LogP contribution in [0.2, 0.25) is 0 Å². The molecule has 1 aliphatic rings. The van der Waals surface area contributed by atoms with Gasteiger partial charge in [0.05, 0.1) is 6.17 Å². The fourth-order valence-electron chi connectivity index (χ4n) is 4.55. The van der Waals surface area contributed by atoms with Crippen LogP contribution in [0.25, 0.3) is 0 Å². The van der Waals surface area contributed by atoms with Gasteiger partial charge in [-0.05, 0) is 73.5 Å². The van der Waals surface area contributed by atoms with Crippen LogP contribution in [0.3, 0.4) is 0 Å². The summed E-state index contributed by atoms with van der Waals surface area (Å²) in [6.07, 6.45) is 2.72. The lowest BCUT2D eigenvalue weighted by Gasteiger charge is -2.42. The predicted octanol–water partition coefficient (Wildman–Crippen LogP) is 0.489. The van der Waals surface area contributed by atoms with E-state index < -0.39 is 6.23 Å². The lowest BCUT2D eigenvalue weighted by Crippen LogP contribution is -2.60. The molecule has 8 nitrogen and oxygen atoms in total. The van der Waals surface area contributed by atoms with Crippen LogP contribution in [0, 0.1) is 5.92 Å². The molecule has 8 heteroatoms. The van der Waals surface area contributed by atoms with Crippen molar-refractivity contribution < 1.29 is 5.11 Å². The number of hydrogen-bond acceptors (Lipinski definition) is 8. The first-order valence-corrected chi connectivity index (χ1v) is 11.9. The molecular weight excluding hydrogens is 378 g/mol. The van der Waals surface area contributed by atoms with Gasteiger partial charge in [0.15, 0.2) is 0 Å². The van der Waals surface area contributed by atoms with Gasteiger partial charge in [0.1, 0.15) is 12.5 Å². The topological polar surface area (TPSA) is 101 Å². The van der Waals surface area contributed by atoms with Crippen LogP contribution in [-0.2, 0) is 0 Å². The van der Waals surface area contributed by atoms with Crippen molar-refractivity contribution in [3.05, 3.63) is 0 Å². The summed E-state index contributed by atoms with van der Waals surface area (Å²) in [5.74, 6) is 0.694. The molecule has 7 atom stereocenters. The summed E-state index contributed by atoms with van der Waals surface area (Å²) < 4.78 is 0. The van der Waals surface area contributed by atoms with Crippen LogP contribution >= 0.6 is 0 Å². The molecule has 0 bridgehead atoms. The van der Waals surface area contributed by atoms with Gasteiger partial charge in [-0.15, -0.1) is 0 Å². The van der Waals surface area contributed by atoms with E-state index in [9.17, 15) is 5.11 Å². The van der Waals surface area contributed by atoms with Gasteiger partial charge in [0, 0.05) is 37.3 Å². The Balaban J connectivity index is 2.56. The molecule has 0 spiro atoms. The van der Waals surface area contributed by atoms with Gasteiger partial charge in [-0.3, -0.25) is 20.4 Å². The van der Waals surface area contributed by atoms with Gasteiger partial charge in [-0.2, -0.15) is 0 Å². The van der Waals surface area contributed by atoms with Crippen molar-refractivity contribution in [2.24, 2.45) is 11.7 Å². The SMILES string of the molecule is CC[C@H](CCCNC1NCC(C)CN1C)N(C(C)C)[C@H](O)[C@H](C)N[C@@H](C)[C@@H](N)NC. The average Bonchev–Trinajstić information content (AvgIpc) is 2.69. The summed E-state index contributed by atoms with van der Waals surface area (Å²) in [7, 11) is 4.02. The summed E-state index contributed by atoms with van der Waals surface area (Å²) in [6.45, 7) is 16.1. The quantitative estimate of drug-likeness (QED) is 0.175. The van der Waals surface area contributed by atoms with E-state index in [1.165, 1.54) is 0 Å². The molecule has 0 aromatic heterocycles. The fraction of sp³-hybridized carbons (Fsp3) is 1.00. The van der Waals surface area contributed by atoms with E-state index in [1.807, 2.05) is 20.9 Å². The molecule has 1 saturated heterocycles. The first-order chi connectivity index (χ1) is 14.1. The first kappa shape index (κ1) is 27.7. The highest BCUT2D eigenvalue weighted by molar-refractivity contribution is 4.85. The summed E-state index contributed by atoms with van der Waals surface area (Å²) in [6, 6.07) is 0.608. The van der Waals surface area contributed by atoms with E-state index in [2.05, 4.69) is 65.8 Å². The molecule has 30 heavy (non-hydrogen) atoms. The maximum absolute atomic E-state index is 11.1. The third-order valence-electron chi connectivity index (χ3n) is 6.39. The largest absolute Gasteiger partial charge is 0.377 e. The first-order valence-electron chi connectivity index (χ1n) is 11.9. The van der Waals surface area contributed by atoms with Crippen molar-refractivity contribution in [3.8, 4) is 0 Å². The van der Waals surface area contributed by atoms with Crippen molar-refractivity contribution in [2.75, 3.05) is 33.7 Å². The van der Waals surface area contributed by atoms with E-state index in [0.29, 0.717) is 12.0 Å². The standard InChI is InChI=1S/C22H51N7O/c1-9-19(11-10-12-25-22-26-13-16(4)14-28(22)8)29(15(2)3)21(30)18(6)27-17(5)20(23)24-7/h15-22,24-27,30H,9-14,23H2,1-8H3/t16?,17-,18-,19+,20-,21+,22?/m0/s1. The molecule has 2 unspecified atom stereocenters. The van der Waals surface area contributed by atoms with Crippen LogP contribution in [0.4, 0.5) is 0 Å². The molecule has 0 aromatic rings. The summed E-state index contributed by atoms with van der Waals surface area (Å²) >= 11 is 0. The van der Waals surface area contributed by atoms with E-state index in [1.54, 1.807) is 0 Å². The summed E-state index contributed by atoms with van der Waals surface area (Å²) in [5, 5.41) is 24.9. The second-order valence-corrected chi connectivity index (χ2v) is 9.53. The van der Waals surface area contributed by atoms with E-state index in [-0.39, 0.29) is 30.6 Å². The van der Waals surface area contributed by atoms with Gasteiger partial charge in [-0.1, -0.05) is 13.8 Å². The second-order valence-electron chi connectivity index (χ2n) is 9.53. The maximum Gasteiger partial charge on any atom is 0.123 e. The number of nitrogens with two attached hydrogens (primary N) is 1. The Morgan fingerprint density at radius 1 is 1.23 bits per heavy atom. The highest BCUT2D eigenvalue weighted by atomic mass is 16.3. The molecule has 0 aliphatic carbocycles. The lowest BCUT2D eigenvalue weighted by molar-refractivity contribution is -0.0693. The van der Waals surface area contributed by atoms with E-state index >= 15 is 0 Å². The van der Waals surface area contributed by atoms with Gasteiger partial charge in [0.25, 0.3) is 0 Å². The molecule has 1 aliphatic heterocycles. The number of rotatable bonds is 14. The smallest absolute Gasteiger partial charge is 0.123 e. The predicted molar refractivity (Wildman–Crippen MR) is 127 cm³/mol. The van der Waals surface area contributed by atoms with E-state index in [0.717, 1.165) is 38.9 Å². The Labute approximate surface area is 185 Å². The third kappa shape index (κ3) is 8.67. The number of hydrogen-bond donors (Lipinski definition) is 6. The zero-order chi connectivity index (χ0) is 22.8. The Kier molecular flexibility index (Phi) is 12.9. The molecule has 1 heterocycles. The minimum absolute atomic E-state index is 0.0700. The van der Waals surface area contributed by atoms with Crippen LogP contribution in [0.1, 0.15) is 60.8 Å². The molecule has 7 N–H and O–H groups in total. The Bertz CT molecular complexity index is 453. The fourth-order valence-corrected chi connectivity index (χ4v) is 4.55. The molecule has 0 saturated carbocycles. The molecule has 1 rings (SSSR count). The summed E-state index contributed by atoms with van der Waals surface area (Å²) in [5.41, 5.74) is 6.06. The lowest BCUT2D eigenvalue weighted by atomic mass is 10.0. The molecule has 0 amide bonds. The van der Waals surface area contributed by atoms with Gasteiger partial charge < -0.3 is 21.5 Å². The van der Waals surface area contributed by atoms with Gasteiger partial charge in [0.2, 0.25) is 0 Å². The van der Waals surface area contributed by atoms with Crippen molar-refractivity contribution in [1.29, 1.82) is 0 Å². The molecular formula is C22H51N7O. The molecule has 180 valence electrons. The zero-order valence-electron chi connectivity index (χ0n) is 20.8. The minimum atomic E-state index is -0.554. The second kappa shape index (κ2) is 14.0. The van der Waals surface area contributed by atoms with Crippen molar-refractivity contribution >= 4 is 0 Å². The highest BCUT2D eigenvalue weighted by Gasteiger charge is 2.31. The van der Waals surface area contributed by atoms with Crippen molar-refractivity contribution in [1.82, 2.24) is 31.1 Å². The van der Waals surface area contributed by atoms with Crippen molar-refractivity contribution in [2.45, 2.75) is 104 Å². The van der Waals surface area contributed by atoms with Crippen LogP contribution in [-0.4, -0.2) is 91.5 Å². The summed E-state index contributed by atoms with van der Waals surface area (Å²) in [4.78, 5) is 4.61. The number of aliphatic hydroxyl groups is 1. The normalized spacial score (nSPS) is 26.0. The molecule has 1 fully saturated rings. The van der Waals surface area contributed by atoms with E-state index in [4.69, 9.17) is 5.73 Å². The van der Waals surface area contributed by atoms with Crippen LogP contribution < -0.4 is 27.0 Å². The van der Waals surface area contributed by atoms with Crippen LogP contribution in [0.15, 0.2) is 0 Å². The van der Waals surface area contributed by atoms with Gasteiger partial charge in [-0.25, -0.2) is 0 Å². The number of nitrogens with zero attached hydrogens (tertiary/aromatic N) is 2. The number of aliphatic hydroxyl groups excluding tert-OH is 1. The Hall–Kier alpha value is -0.320. The molecule has 0 radical (unpaired) electrons. The highest BCUT2D eigenvalue weighted by Crippen LogP contribution is 2.19. The third-order valence-corrected chi connectivity index (χ3v) is 6.39. The average molecular weight is 430 g/mol.